The fourth-order valence-electron chi connectivity index (χ4n) is 2.29. The SMILES string of the molecule is CNC1O[C@@H]1C1=NNC(CN)=C(C(S)[C@@H](C)C(C)=O)C1. The summed E-state index contributed by atoms with van der Waals surface area (Å²) in [5.74, 6) is -0.0371. The molecule has 2 rings (SSSR count). The summed E-state index contributed by atoms with van der Waals surface area (Å²) in [6.07, 6.45) is 0.670. The minimum atomic E-state index is -0.157. The molecule has 2 unspecified atom stereocenters. The first-order chi connectivity index (χ1) is 9.49. The highest BCUT2D eigenvalue weighted by Crippen LogP contribution is 2.31. The summed E-state index contributed by atoms with van der Waals surface area (Å²) < 4.78 is 5.48. The number of nitrogens with zero attached hydrogens (tertiary/aromatic N) is 1. The third-order valence-electron chi connectivity index (χ3n) is 3.87. The van der Waals surface area contributed by atoms with Gasteiger partial charge in [-0.05, 0) is 19.5 Å². The number of rotatable bonds is 6. The van der Waals surface area contributed by atoms with Crippen LogP contribution in [0, 0.1) is 5.92 Å². The van der Waals surface area contributed by atoms with E-state index in [1.807, 2.05) is 14.0 Å². The van der Waals surface area contributed by atoms with Crippen molar-refractivity contribution < 1.29 is 9.53 Å². The molecule has 0 amide bonds. The lowest BCUT2D eigenvalue weighted by atomic mass is 9.91. The Balaban J connectivity index is 2.12. The van der Waals surface area contributed by atoms with Crippen LogP contribution in [0.25, 0.3) is 0 Å². The molecule has 0 aromatic heterocycles. The maximum absolute atomic E-state index is 11.6. The zero-order valence-corrected chi connectivity index (χ0v) is 12.9. The minimum Gasteiger partial charge on any atom is -0.347 e. The van der Waals surface area contributed by atoms with Gasteiger partial charge >= 0.3 is 0 Å². The molecule has 7 heteroatoms. The van der Waals surface area contributed by atoms with Crippen molar-refractivity contribution in [3.63, 3.8) is 0 Å². The second-order valence-electron chi connectivity index (χ2n) is 5.21. The van der Waals surface area contributed by atoms with Gasteiger partial charge in [-0.3, -0.25) is 15.5 Å². The van der Waals surface area contributed by atoms with E-state index in [0.29, 0.717) is 13.0 Å². The summed E-state index contributed by atoms with van der Waals surface area (Å²) in [6.45, 7) is 3.83. The van der Waals surface area contributed by atoms with Crippen LogP contribution in [-0.2, 0) is 9.53 Å². The molecule has 0 aromatic carbocycles. The Labute approximate surface area is 124 Å². The van der Waals surface area contributed by atoms with Crippen LogP contribution in [0.3, 0.4) is 0 Å². The molecule has 1 fully saturated rings. The monoisotopic (exact) mass is 298 g/mol. The molecular weight excluding hydrogens is 276 g/mol. The smallest absolute Gasteiger partial charge is 0.141 e. The normalized spacial score (nSPS) is 28.6. The number of ketones is 1. The van der Waals surface area contributed by atoms with Gasteiger partial charge in [0, 0.05) is 29.8 Å². The van der Waals surface area contributed by atoms with Crippen LogP contribution in [0.5, 0.6) is 0 Å². The topological polar surface area (TPSA) is 92.0 Å². The Morgan fingerprint density at radius 2 is 2.40 bits per heavy atom. The number of nitrogens with two attached hydrogens (primary N) is 1. The van der Waals surface area contributed by atoms with Crippen molar-refractivity contribution in [3.05, 3.63) is 11.3 Å². The van der Waals surface area contributed by atoms with Crippen molar-refractivity contribution in [2.75, 3.05) is 13.6 Å². The Morgan fingerprint density at radius 1 is 1.70 bits per heavy atom. The molecule has 20 heavy (non-hydrogen) atoms. The Morgan fingerprint density at radius 3 is 2.90 bits per heavy atom. The Bertz CT molecular complexity index is 463. The van der Waals surface area contributed by atoms with Crippen molar-refractivity contribution in [2.45, 2.75) is 37.9 Å². The van der Waals surface area contributed by atoms with Gasteiger partial charge in [0.1, 0.15) is 18.1 Å². The lowest BCUT2D eigenvalue weighted by molar-refractivity contribution is -0.120. The highest BCUT2D eigenvalue weighted by Gasteiger charge is 2.43. The van der Waals surface area contributed by atoms with Crippen LogP contribution in [0.2, 0.25) is 0 Å². The van der Waals surface area contributed by atoms with Gasteiger partial charge in [-0.2, -0.15) is 17.7 Å². The first-order valence-corrected chi connectivity index (χ1v) is 7.26. The first-order valence-electron chi connectivity index (χ1n) is 6.75. The fourth-order valence-corrected chi connectivity index (χ4v) is 2.74. The molecule has 0 saturated carbocycles. The number of Topliss-reactive ketones (excluding diaryl/α,β-unsaturated/α-hetero) is 1. The van der Waals surface area contributed by atoms with Crippen molar-refractivity contribution in [3.8, 4) is 0 Å². The third kappa shape index (κ3) is 3.06. The minimum absolute atomic E-state index is 0.00464. The van der Waals surface area contributed by atoms with Gasteiger partial charge in [0.15, 0.2) is 0 Å². The summed E-state index contributed by atoms with van der Waals surface area (Å²) in [5, 5.41) is 7.22. The van der Waals surface area contributed by atoms with Crippen molar-refractivity contribution in [1.82, 2.24) is 10.7 Å². The average Bonchev–Trinajstić information content (AvgIpc) is 3.24. The predicted molar refractivity (Wildman–Crippen MR) is 81.6 cm³/mol. The molecule has 2 aliphatic heterocycles. The Kier molecular flexibility index (Phi) is 4.85. The summed E-state index contributed by atoms with van der Waals surface area (Å²) in [7, 11) is 1.85. The molecule has 0 aromatic rings. The Hall–Kier alpha value is -0.890. The molecule has 2 aliphatic rings. The van der Waals surface area contributed by atoms with E-state index in [9.17, 15) is 4.79 Å². The second kappa shape index (κ2) is 6.26. The number of hydrogen-bond donors (Lipinski definition) is 4. The second-order valence-corrected chi connectivity index (χ2v) is 5.77. The van der Waals surface area contributed by atoms with E-state index in [2.05, 4.69) is 28.5 Å². The largest absolute Gasteiger partial charge is 0.347 e. The summed E-state index contributed by atoms with van der Waals surface area (Å²) >= 11 is 4.61. The number of hydrazone groups is 1. The van der Waals surface area contributed by atoms with Gasteiger partial charge in [-0.1, -0.05) is 6.92 Å². The van der Waals surface area contributed by atoms with Gasteiger partial charge in [-0.25, -0.2) is 0 Å². The first kappa shape index (κ1) is 15.5. The zero-order valence-electron chi connectivity index (χ0n) is 12.0. The maximum atomic E-state index is 11.6. The number of nitrogens with one attached hydrogen (secondary N) is 2. The number of ether oxygens (including phenoxy) is 1. The number of carbonyl (C=O) groups is 1. The van der Waals surface area contributed by atoms with E-state index < -0.39 is 0 Å². The van der Waals surface area contributed by atoms with E-state index in [0.717, 1.165) is 17.0 Å². The van der Waals surface area contributed by atoms with Crippen LogP contribution >= 0.6 is 12.6 Å². The number of carbonyl (C=O) groups excluding carboxylic acids is 1. The molecule has 1 saturated heterocycles. The fraction of sp³-hybridized carbons (Fsp3) is 0.692. The van der Waals surface area contributed by atoms with Crippen molar-refractivity contribution in [1.29, 1.82) is 0 Å². The van der Waals surface area contributed by atoms with Gasteiger partial charge in [0.25, 0.3) is 0 Å². The van der Waals surface area contributed by atoms with Crippen molar-refractivity contribution in [2.24, 2.45) is 16.8 Å². The maximum Gasteiger partial charge on any atom is 0.141 e. The molecule has 4 N–H and O–H groups in total. The molecule has 0 radical (unpaired) electrons. The average molecular weight is 298 g/mol. The van der Waals surface area contributed by atoms with Gasteiger partial charge in [-0.15, -0.1) is 0 Å². The van der Waals surface area contributed by atoms with E-state index in [1.165, 1.54) is 0 Å². The van der Waals surface area contributed by atoms with Crippen LogP contribution < -0.4 is 16.5 Å². The molecule has 4 atom stereocenters. The van der Waals surface area contributed by atoms with Crippen LogP contribution in [-0.4, -0.2) is 42.7 Å². The third-order valence-corrected chi connectivity index (χ3v) is 4.63. The summed E-state index contributed by atoms with van der Waals surface area (Å²) in [5.41, 5.74) is 11.5. The van der Waals surface area contributed by atoms with Gasteiger partial charge in [0.05, 0.1) is 5.71 Å². The van der Waals surface area contributed by atoms with Crippen LogP contribution in [0.4, 0.5) is 0 Å². The quantitative estimate of drug-likeness (QED) is 0.410. The van der Waals surface area contributed by atoms with Crippen molar-refractivity contribution >= 4 is 24.1 Å². The van der Waals surface area contributed by atoms with Gasteiger partial charge < -0.3 is 10.5 Å². The molecule has 112 valence electrons. The molecule has 6 nitrogen and oxygen atoms in total. The zero-order chi connectivity index (χ0) is 14.9. The number of likely N-dealkylation sites (N-methyl/N-ethyl adjacent to an activating group) is 1. The lowest BCUT2D eigenvalue weighted by Crippen LogP contribution is -2.34. The number of hydrogen-bond acceptors (Lipinski definition) is 7. The molecule has 0 bridgehead atoms. The molecule has 0 aliphatic carbocycles. The van der Waals surface area contributed by atoms with E-state index in [4.69, 9.17) is 10.5 Å². The molecular formula is C13H22N4O2S. The molecule has 0 spiro atoms. The standard InChI is InChI=1S/C13H22N4O2S/c1-6(7(2)18)12(20)8-4-9(11-13(15-3)19-11)16-17-10(8)5-14/h6,11-13,15,17,20H,4-5,14H2,1-3H3/t6-,11+,12?,13?/m0/s1. The molecule has 2 heterocycles. The number of epoxide rings is 1. The van der Waals surface area contributed by atoms with Crippen LogP contribution in [0.15, 0.2) is 16.4 Å². The van der Waals surface area contributed by atoms with E-state index in [1.54, 1.807) is 6.92 Å². The highest BCUT2D eigenvalue weighted by molar-refractivity contribution is 7.81. The lowest BCUT2D eigenvalue weighted by Gasteiger charge is -2.26. The predicted octanol–water partition coefficient (Wildman–Crippen LogP) is 0.0163. The van der Waals surface area contributed by atoms with E-state index in [-0.39, 0.29) is 29.3 Å². The number of thiol groups is 1. The summed E-state index contributed by atoms with van der Waals surface area (Å²) in [4.78, 5) is 11.6. The van der Waals surface area contributed by atoms with E-state index >= 15 is 0 Å². The van der Waals surface area contributed by atoms with Crippen LogP contribution in [0.1, 0.15) is 20.3 Å². The van der Waals surface area contributed by atoms with Gasteiger partial charge in [0.2, 0.25) is 0 Å². The summed E-state index contributed by atoms with van der Waals surface area (Å²) in [6, 6.07) is 0. The highest BCUT2D eigenvalue weighted by atomic mass is 32.1.